The lowest BCUT2D eigenvalue weighted by molar-refractivity contribution is 0.415. The third-order valence-corrected chi connectivity index (χ3v) is 3.21. The van der Waals surface area contributed by atoms with E-state index in [4.69, 9.17) is 21.8 Å². The zero-order valence-electron chi connectivity index (χ0n) is 8.69. The summed E-state index contributed by atoms with van der Waals surface area (Å²) in [7, 11) is 0. The van der Waals surface area contributed by atoms with Crippen molar-refractivity contribution < 1.29 is 8.81 Å². The van der Waals surface area contributed by atoms with Crippen molar-refractivity contribution in [2.45, 2.75) is 17.5 Å². The summed E-state index contributed by atoms with van der Waals surface area (Å²) in [6.07, 6.45) is 0. The summed E-state index contributed by atoms with van der Waals surface area (Å²) < 4.78 is 18.0. The summed E-state index contributed by atoms with van der Waals surface area (Å²) in [6.45, 7) is 0.213. The summed E-state index contributed by atoms with van der Waals surface area (Å²) in [5.41, 5.74) is 6.15. The van der Waals surface area contributed by atoms with Crippen molar-refractivity contribution in [1.82, 2.24) is 10.2 Å². The highest BCUT2D eigenvalue weighted by Gasteiger charge is 2.07. The number of thioether (sulfide) groups is 1. The van der Waals surface area contributed by atoms with E-state index in [2.05, 4.69) is 10.2 Å². The van der Waals surface area contributed by atoms with E-state index < -0.39 is 0 Å². The van der Waals surface area contributed by atoms with Crippen molar-refractivity contribution in [2.75, 3.05) is 0 Å². The van der Waals surface area contributed by atoms with E-state index in [0.717, 1.165) is 5.56 Å². The summed E-state index contributed by atoms with van der Waals surface area (Å²) in [4.78, 5) is 0. The molecule has 17 heavy (non-hydrogen) atoms. The number of benzene rings is 1. The Kier molecular flexibility index (Phi) is 3.98. The average molecular weight is 274 g/mol. The molecule has 4 nitrogen and oxygen atoms in total. The van der Waals surface area contributed by atoms with Gasteiger partial charge in [0.1, 0.15) is 5.82 Å². The molecule has 0 amide bonds. The Morgan fingerprint density at radius 3 is 2.88 bits per heavy atom. The van der Waals surface area contributed by atoms with Crippen LogP contribution in [-0.2, 0) is 12.3 Å². The Morgan fingerprint density at radius 1 is 1.41 bits per heavy atom. The minimum atomic E-state index is -0.355. The minimum absolute atomic E-state index is 0.213. The van der Waals surface area contributed by atoms with E-state index in [0.29, 0.717) is 21.9 Å². The molecule has 1 heterocycles. The van der Waals surface area contributed by atoms with Crippen LogP contribution in [0.25, 0.3) is 0 Å². The third kappa shape index (κ3) is 3.18. The van der Waals surface area contributed by atoms with Crippen molar-refractivity contribution >= 4 is 23.4 Å². The molecule has 2 N–H and O–H groups in total. The van der Waals surface area contributed by atoms with E-state index in [1.165, 1.54) is 23.9 Å². The zero-order chi connectivity index (χ0) is 12.3. The lowest BCUT2D eigenvalue weighted by Crippen LogP contribution is -1.95. The van der Waals surface area contributed by atoms with Crippen LogP contribution in [0.3, 0.4) is 0 Å². The lowest BCUT2D eigenvalue weighted by atomic mass is 10.2. The van der Waals surface area contributed by atoms with Crippen LogP contribution in [0.15, 0.2) is 27.8 Å². The number of nitrogens with zero attached hydrogens (tertiary/aromatic N) is 2. The first-order valence-electron chi connectivity index (χ1n) is 4.78. The Morgan fingerprint density at radius 2 is 2.24 bits per heavy atom. The predicted molar refractivity (Wildman–Crippen MR) is 63.2 cm³/mol. The van der Waals surface area contributed by atoms with Crippen LogP contribution in [0, 0.1) is 5.82 Å². The molecule has 0 atom stereocenters. The fourth-order valence-corrected chi connectivity index (χ4v) is 2.25. The molecule has 2 rings (SSSR count). The zero-order valence-corrected chi connectivity index (χ0v) is 10.3. The van der Waals surface area contributed by atoms with Gasteiger partial charge in [0.05, 0.1) is 6.54 Å². The quantitative estimate of drug-likeness (QED) is 0.868. The molecular weight excluding hydrogens is 265 g/mol. The molecule has 0 unspecified atom stereocenters. The maximum atomic E-state index is 12.8. The Balaban J connectivity index is 2.02. The van der Waals surface area contributed by atoms with E-state index in [1.807, 2.05) is 0 Å². The Labute approximate surface area is 106 Å². The molecule has 0 aliphatic carbocycles. The van der Waals surface area contributed by atoms with Crippen molar-refractivity contribution in [1.29, 1.82) is 0 Å². The van der Waals surface area contributed by atoms with Gasteiger partial charge in [-0.15, -0.1) is 10.2 Å². The molecule has 0 aliphatic rings. The number of halogens is 2. The molecule has 0 aliphatic heterocycles. The van der Waals surface area contributed by atoms with Crippen LogP contribution < -0.4 is 5.73 Å². The van der Waals surface area contributed by atoms with Gasteiger partial charge in [0.25, 0.3) is 5.22 Å². The number of hydrogen-bond donors (Lipinski definition) is 1. The molecule has 0 saturated carbocycles. The second-order valence-electron chi connectivity index (χ2n) is 3.19. The largest absolute Gasteiger partial charge is 0.415 e. The van der Waals surface area contributed by atoms with Gasteiger partial charge in [-0.2, -0.15) is 0 Å². The predicted octanol–water partition coefficient (Wildman–Crippen LogP) is 2.61. The van der Waals surface area contributed by atoms with Crippen LogP contribution in [0.4, 0.5) is 4.39 Å². The summed E-state index contributed by atoms with van der Waals surface area (Å²) >= 11 is 7.22. The Bertz CT molecular complexity index is 520. The first-order valence-corrected chi connectivity index (χ1v) is 6.14. The maximum absolute atomic E-state index is 12.8. The molecule has 90 valence electrons. The van der Waals surface area contributed by atoms with Crippen molar-refractivity contribution in [3.63, 3.8) is 0 Å². The van der Waals surface area contributed by atoms with Gasteiger partial charge in [0.2, 0.25) is 5.89 Å². The molecule has 1 aromatic heterocycles. The average Bonchev–Trinajstić information content (AvgIpc) is 2.76. The van der Waals surface area contributed by atoms with E-state index in [1.54, 1.807) is 6.07 Å². The molecule has 0 bridgehead atoms. The molecule has 0 saturated heterocycles. The van der Waals surface area contributed by atoms with Gasteiger partial charge in [0, 0.05) is 10.8 Å². The molecule has 0 fully saturated rings. The van der Waals surface area contributed by atoms with Crippen LogP contribution in [0.2, 0.25) is 5.02 Å². The second-order valence-corrected chi connectivity index (χ2v) is 4.52. The van der Waals surface area contributed by atoms with Gasteiger partial charge in [-0.3, -0.25) is 0 Å². The Hall–Kier alpha value is -1.11. The second kappa shape index (κ2) is 5.48. The maximum Gasteiger partial charge on any atom is 0.276 e. The van der Waals surface area contributed by atoms with Crippen molar-refractivity contribution in [3.05, 3.63) is 40.5 Å². The van der Waals surface area contributed by atoms with Crippen LogP contribution in [0.1, 0.15) is 11.5 Å². The monoisotopic (exact) mass is 273 g/mol. The normalized spacial score (nSPS) is 10.8. The van der Waals surface area contributed by atoms with Crippen molar-refractivity contribution in [3.8, 4) is 0 Å². The van der Waals surface area contributed by atoms with Crippen LogP contribution >= 0.6 is 23.4 Å². The highest BCUT2D eigenvalue weighted by molar-refractivity contribution is 7.98. The molecule has 7 heteroatoms. The fraction of sp³-hybridized carbons (Fsp3) is 0.200. The number of nitrogens with two attached hydrogens (primary N) is 1. The van der Waals surface area contributed by atoms with E-state index >= 15 is 0 Å². The third-order valence-electron chi connectivity index (χ3n) is 1.99. The number of rotatable bonds is 4. The van der Waals surface area contributed by atoms with Gasteiger partial charge in [-0.25, -0.2) is 4.39 Å². The fourth-order valence-electron chi connectivity index (χ4n) is 1.16. The highest BCUT2D eigenvalue weighted by atomic mass is 35.5. The number of aromatic nitrogens is 2. The smallest absolute Gasteiger partial charge is 0.276 e. The SMILES string of the molecule is NCc1nnc(SCc2ccc(F)cc2Cl)o1. The van der Waals surface area contributed by atoms with Gasteiger partial charge in [-0.05, 0) is 17.7 Å². The van der Waals surface area contributed by atoms with E-state index in [-0.39, 0.29) is 12.4 Å². The van der Waals surface area contributed by atoms with Gasteiger partial charge < -0.3 is 10.2 Å². The molecule has 0 spiro atoms. The lowest BCUT2D eigenvalue weighted by Gasteiger charge is -2.01. The molecular formula is C10H9ClFN3OS. The molecule has 1 aromatic carbocycles. The van der Waals surface area contributed by atoms with E-state index in [9.17, 15) is 4.39 Å². The topological polar surface area (TPSA) is 64.9 Å². The highest BCUT2D eigenvalue weighted by Crippen LogP contribution is 2.26. The first-order chi connectivity index (χ1) is 8.19. The van der Waals surface area contributed by atoms with Crippen molar-refractivity contribution in [2.24, 2.45) is 5.73 Å². The van der Waals surface area contributed by atoms with Gasteiger partial charge in [-0.1, -0.05) is 29.4 Å². The number of hydrogen-bond acceptors (Lipinski definition) is 5. The van der Waals surface area contributed by atoms with Crippen LogP contribution in [-0.4, -0.2) is 10.2 Å². The first kappa shape index (κ1) is 12.3. The van der Waals surface area contributed by atoms with Crippen LogP contribution in [0.5, 0.6) is 0 Å². The molecule has 0 radical (unpaired) electrons. The summed E-state index contributed by atoms with van der Waals surface area (Å²) in [5.74, 6) is 0.565. The summed E-state index contributed by atoms with van der Waals surface area (Å²) in [6, 6.07) is 4.27. The van der Waals surface area contributed by atoms with Gasteiger partial charge in [0.15, 0.2) is 0 Å². The minimum Gasteiger partial charge on any atom is -0.415 e. The molecule has 2 aromatic rings. The standard InChI is InChI=1S/C10H9ClFN3OS/c11-8-3-7(12)2-1-6(8)5-17-10-15-14-9(4-13)16-10/h1-3H,4-5,13H2. The van der Waals surface area contributed by atoms with Gasteiger partial charge >= 0.3 is 0 Å². The summed E-state index contributed by atoms with van der Waals surface area (Å²) in [5, 5.41) is 8.33.